The highest BCUT2D eigenvalue weighted by atomic mass is 32.2. The molecule has 1 fully saturated rings. The fourth-order valence-corrected chi connectivity index (χ4v) is 4.68. The zero-order valence-corrected chi connectivity index (χ0v) is 11.8. The normalized spacial score (nSPS) is 26.2. The van der Waals surface area contributed by atoms with E-state index in [2.05, 4.69) is 51.7 Å². The van der Waals surface area contributed by atoms with Crippen LogP contribution in [-0.2, 0) is 0 Å². The van der Waals surface area contributed by atoms with E-state index in [-0.39, 0.29) is 0 Å². The van der Waals surface area contributed by atoms with Gasteiger partial charge in [-0.25, -0.2) is 0 Å². The van der Waals surface area contributed by atoms with Crippen molar-refractivity contribution in [1.82, 2.24) is 5.32 Å². The van der Waals surface area contributed by atoms with Crippen molar-refractivity contribution < 1.29 is 0 Å². The summed E-state index contributed by atoms with van der Waals surface area (Å²) in [5, 5.41) is 3.86. The fraction of sp³-hybridized carbons (Fsp3) is 1.00. The molecule has 0 aromatic carbocycles. The van der Waals surface area contributed by atoms with Gasteiger partial charge < -0.3 is 5.32 Å². The Balaban J connectivity index is 2.65. The molecule has 1 rings (SSSR count). The van der Waals surface area contributed by atoms with Gasteiger partial charge in [0.1, 0.15) is 0 Å². The minimum absolute atomic E-state index is 0.361. The van der Waals surface area contributed by atoms with E-state index in [1.54, 1.807) is 0 Å². The van der Waals surface area contributed by atoms with E-state index in [0.717, 1.165) is 11.8 Å². The van der Waals surface area contributed by atoms with E-state index in [1.165, 1.54) is 25.0 Å². The highest BCUT2D eigenvalue weighted by Crippen LogP contribution is 2.39. The van der Waals surface area contributed by atoms with Crippen LogP contribution in [0.15, 0.2) is 0 Å². The smallest absolute Gasteiger partial charge is 0.0652 e. The van der Waals surface area contributed by atoms with Gasteiger partial charge in [-0.2, -0.15) is 0 Å². The van der Waals surface area contributed by atoms with Crippen LogP contribution >= 0.6 is 11.8 Å². The van der Waals surface area contributed by atoms with E-state index < -0.39 is 0 Å². The maximum absolute atomic E-state index is 3.86. The van der Waals surface area contributed by atoms with Gasteiger partial charge in [-0.15, -0.1) is 11.8 Å². The van der Waals surface area contributed by atoms with Gasteiger partial charge in [-0.3, -0.25) is 0 Å². The van der Waals surface area contributed by atoms with E-state index in [0.29, 0.717) is 10.9 Å². The van der Waals surface area contributed by atoms with Crippen LogP contribution in [0.2, 0.25) is 0 Å². The summed E-state index contributed by atoms with van der Waals surface area (Å²) in [4.78, 5) is 0.361. The van der Waals surface area contributed by atoms with E-state index in [9.17, 15) is 0 Å². The second-order valence-electron chi connectivity index (χ2n) is 5.87. The molecule has 1 atom stereocenters. The second-order valence-corrected chi connectivity index (χ2v) is 7.35. The highest BCUT2D eigenvalue weighted by molar-refractivity contribution is 8.00. The van der Waals surface area contributed by atoms with E-state index >= 15 is 0 Å². The molecule has 1 heterocycles. The molecule has 1 unspecified atom stereocenters. The Labute approximate surface area is 99.8 Å². The summed E-state index contributed by atoms with van der Waals surface area (Å²) in [6.45, 7) is 11.7. The van der Waals surface area contributed by atoms with E-state index in [4.69, 9.17) is 0 Å². The Morgan fingerprint density at radius 1 is 1.20 bits per heavy atom. The Morgan fingerprint density at radius 2 is 1.73 bits per heavy atom. The van der Waals surface area contributed by atoms with E-state index in [1.807, 2.05) is 0 Å². The molecule has 2 heteroatoms. The summed E-state index contributed by atoms with van der Waals surface area (Å²) in [6, 6.07) is 0.698. The predicted molar refractivity (Wildman–Crippen MR) is 71.3 cm³/mol. The van der Waals surface area contributed by atoms with Crippen molar-refractivity contribution in [2.24, 2.45) is 11.8 Å². The number of rotatable bonds is 4. The third-order valence-electron chi connectivity index (χ3n) is 2.91. The summed E-state index contributed by atoms with van der Waals surface area (Å²) in [5.41, 5.74) is 0. The van der Waals surface area contributed by atoms with Gasteiger partial charge in [-0.1, -0.05) is 27.7 Å². The molecular weight excluding hydrogens is 202 g/mol. The van der Waals surface area contributed by atoms with Crippen LogP contribution in [0.4, 0.5) is 0 Å². The molecule has 0 saturated carbocycles. The Hall–Kier alpha value is 0.310. The Morgan fingerprint density at radius 3 is 2.13 bits per heavy atom. The standard InChI is InChI=1S/C13H27NS/c1-10(2)8-13(9-11(3)4)14-12(5)6-7-15-13/h10-12,14H,6-9H2,1-5H3. The lowest BCUT2D eigenvalue weighted by molar-refractivity contribution is 0.288. The molecule has 1 aliphatic heterocycles. The first-order valence-corrected chi connectivity index (χ1v) is 7.34. The lowest BCUT2D eigenvalue weighted by atomic mass is 9.93. The SMILES string of the molecule is CC(C)CC1(CC(C)C)NC(C)CCS1. The molecule has 1 saturated heterocycles. The molecule has 90 valence electrons. The highest BCUT2D eigenvalue weighted by Gasteiger charge is 2.35. The monoisotopic (exact) mass is 229 g/mol. The molecule has 0 aromatic rings. The Kier molecular flexibility index (Phi) is 4.98. The summed E-state index contributed by atoms with van der Waals surface area (Å²) in [5.74, 6) is 2.90. The lowest BCUT2D eigenvalue weighted by Crippen LogP contribution is -2.52. The second kappa shape index (κ2) is 5.58. The average Bonchev–Trinajstić information content (AvgIpc) is 1.99. The molecule has 0 spiro atoms. The third-order valence-corrected chi connectivity index (χ3v) is 4.36. The summed E-state index contributed by atoms with van der Waals surface area (Å²) >= 11 is 2.16. The van der Waals surface area contributed by atoms with Crippen molar-refractivity contribution >= 4 is 11.8 Å². The quantitative estimate of drug-likeness (QED) is 0.785. The molecule has 1 N–H and O–H groups in total. The number of nitrogens with one attached hydrogen (secondary N) is 1. The van der Waals surface area contributed by atoms with Crippen molar-refractivity contribution in [2.75, 3.05) is 5.75 Å². The lowest BCUT2D eigenvalue weighted by Gasteiger charge is -2.43. The van der Waals surface area contributed by atoms with Gasteiger partial charge >= 0.3 is 0 Å². The zero-order valence-electron chi connectivity index (χ0n) is 11.0. The summed E-state index contributed by atoms with van der Waals surface area (Å²) in [7, 11) is 0. The summed E-state index contributed by atoms with van der Waals surface area (Å²) < 4.78 is 0. The van der Waals surface area contributed by atoms with Gasteiger partial charge in [0.05, 0.1) is 4.87 Å². The van der Waals surface area contributed by atoms with Crippen LogP contribution < -0.4 is 5.32 Å². The molecule has 0 amide bonds. The van der Waals surface area contributed by atoms with Crippen LogP contribution in [0.1, 0.15) is 53.9 Å². The van der Waals surface area contributed by atoms with Gasteiger partial charge in [0.2, 0.25) is 0 Å². The van der Waals surface area contributed by atoms with Crippen LogP contribution in [0.3, 0.4) is 0 Å². The van der Waals surface area contributed by atoms with Gasteiger partial charge in [-0.05, 0) is 43.8 Å². The average molecular weight is 229 g/mol. The van der Waals surface area contributed by atoms with Crippen LogP contribution in [0.25, 0.3) is 0 Å². The first kappa shape index (κ1) is 13.4. The first-order valence-electron chi connectivity index (χ1n) is 6.35. The largest absolute Gasteiger partial charge is 0.300 e. The first-order chi connectivity index (χ1) is 6.93. The minimum atomic E-state index is 0.361. The molecule has 0 aliphatic carbocycles. The summed E-state index contributed by atoms with van der Waals surface area (Å²) in [6.07, 6.45) is 3.93. The third kappa shape index (κ3) is 4.36. The predicted octanol–water partition coefficient (Wildman–Crippen LogP) is 3.89. The topological polar surface area (TPSA) is 12.0 Å². The molecule has 1 aliphatic rings. The molecule has 0 radical (unpaired) electrons. The van der Waals surface area contributed by atoms with Crippen molar-refractivity contribution in [3.05, 3.63) is 0 Å². The van der Waals surface area contributed by atoms with Crippen molar-refractivity contribution in [1.29, 1.82) is 0 Å². The zero-order chi connectivity index (χ0) is 11.5. The molecule has 15 heavy (non-hydrogen) atoms. The van der Waals surface area contributed by atoms with Crippen molar-refractivity contribution in [3.63, 3.8) is 0 Å². The number of hydrogen-bond acceptors (Lipinski definition) is 2. The van der Waals surface area contributed by atoms with Crippen LogP contribution in [0.5, 0.6) is 0 Å². The molecular formula is C13H27NS. The Bertz CT molecular complexity index is 173. The van der Waals surface area contributed by atoms with Crippen molar-refractivity contribution in [2.45, 2.75) is 64.8 Å². The fourth-order valence-electron chi connectivity index (χ4n) is 2.63. The molecule has 0 aromatic heterocycles. The maximum atomic E-state index is 3.86. The van der Waals surface area contributed by atoms with Crippen LogP contribution in [-0.4, -0.2) is 16.7 Å². The van der Waals surface area contributed by atoms with Gasteiger partial charge in [0.15, 0.2) is 0 Å². The number of hydrogen-bond donors (Lipinski definition) is 1. The molecule has 0 bridgehead atoms. The molecule has 1 nitrogen and oxygen atoms in total. The van der Waals surface area contributed by atoms with Gasteiger partial charge in [0.25, 0.3) is 0 Å². The number of thioether (sulfide) groups is 1. The van der Waals surface area contributed by atoms with Gasteiger partial charge in [0, 0.05) is 6.04 Å². The minimum Gasteiger partial charge on any atom is -0.300 e. The van der Waals surface area contributed by atoms with Crippen molar-refractivity contribution in [3.8, 4) is 0 Å². The maximum Gasteiger partial charge on any atom is 0.0652 e. The van der Waals surface area contributed by atoms with Crippen LogP contribution in [0, 0.1) is 11.8 Å².